The van der Waals surface area contributed by atoms with Crippen LogP contribution in [0.3, 0.4) is 0 Å². The predicted octanol–water partition coefficient (Wildman–Crippen LogP) is 3.12. The lowest BCUT2D eigenvalue weighted by molar-refractivity contribution is -0.224. The fraction of sp³-hybridized carbons (Fsp3) is 0.600. The normalized spacial score (nSPS) is 23.3. The van der Waals surface area contributed by atoms with Crippen molar-refractivity contribution in [2.45, 2.75) is 43.3 Å². The number of halogens is 3. The summed E-state index contributed by atoms with van der Waals surface area (Å²) < 4.78 is 72.2. The molecule has 0 aromatic heterocycles. The quantitative estimate of drug-likeness (QED) is 0.819. The van der Waals surface area contributed by atoms with Crippen molar-refractivity contribution in [3.63, 3.8) is 0 Å². The molecule has 2 rings (SSSR count). The minimum Gasteiger partial charge on any atom is -0.379 e. The van der Waals surface area contributed by atoms with Crippen molar-refractivity contribution < 1.29 is 26.3 Å². The summed E-state index contributed by atoms with van der Waals surface area (Å²) in [7, 11) is -4.24. The minimum absolute atomic E-state index is 0.0935. The van der Waals surface area contributed by atoms with E-state index in [1.54, 1.807) is 26.0 Å². The van der Waals surface area contributed by atoms with Crippen LogP contribution < -0.4 is 0 Å². The topological polar surface area (TPSA) is 46.6 Å². The molecule has 1 fully saturated rings. The summed E-state index contributed by atoms with van der Waals surface area (Å²) in [6, 6.07) is 5.82. The molecule has 1 unspecified atom stereocenters. The van der Waals surface area contributed by atoms with Gasteiger partial charge in [0, 0.05) is 13.2 Å². The first kappa shape index (κ1) is 18.2. The van der Waals surface area contributed by atoms with Crippen molar-refractivity contribution in [3.8, 4) is 0 Å². The lowest BCUT2D eigenvalue weighted by Crippen LogP contribution is -2.60. The molecule has 0 amide bonds. The van der Waals surface area contributed by atoms with Gasteiger partial charge in [-0.3, -0.25) is 0 Å². The van der Waals surface area contributed by atoms with Crippen molar-refractivity contribution in [2.24, 2.45) is 0 Å². The summed E-state index contributed by atoms with van der Waals surface area (Å²) in [4.78, 5) is -0.130. The Kier molecular flexibility index (Phi) is 5.08. The average molecular weight is 351 g/mol. The number of sulfonamides is 1. The summed E-state index contributed by atoms with van der Waals surface area (Å²) >= 11 is 0. The van der Waals surface area contributed by atoms with Crippen molar-refractivity contribution in [1.82, 2.24) is 4.31 Å². The predicted molar refractivity (Wildman–Crippen MR) is 79.6 cm³/mol. The van der Waals surface area contributed by atoms with Gasteiger partial charge in [0.2, 0.25) is 10.0 Å². The van der Waals surface area contributed by atoms with Gasteiger partial charge in [-0.25, -0.2) is 8.42 Å². The van der Waals surface area contributed by atoms with Gasteiger partial charge in [-0.1, -0.05) is 17.7 Å². The maximum atomic E-state index is 13.7. The molecule has 23 heavy (non-hydrogen) atoms. The Morgan fingerprint density at radius 3 is 2.39 bits per heavy atom. The van der Waals surface area contributed by atoms with Gasteiger partial charge in [-0.15, -0.1) is 0 Å². The first-order valence-electron chi connectivity index (χ1n) is 7.39. The molecule has 1 aliphatic rings. The van der Waals surface area contributed by atoms with Gasteiger partial charge in [-0.05, 0) is 38.8 Å². The van der Waals surface area contributed by atoms with E-state index in [1.165, 1.54) is 12.1 Å². The lowest BCUT2D eigenvalue weighted by Gasteiger charge is -2.38. The summed E-state index contributed by atoms with van der Waals surface area (Å²) in [5, 5.41) is 0. The van der Waals surface area contributed by atoms with Gasteiger partial charge in [0.1, 0.15) is 0 Å². The molecule has 1 aromatic carbocycles. The van der Waals surface area contributed by atoms with Crippen LogP contribution in [0, 0.1) is 6.92 Å². The fourth-order valence-electron chi connectivity index (χ4n) is 2.82. The van der Waals surface area contributed by atoms with Crippen LogP contribution in [0.5, 0.6) is 0 Å². The Morgan fingerprint density at radius 1 is 1.26 bits per heavy atom. The molecule has 0 spiro atoms. The zero-order chi connectivity index (χ0) is 17.3. The van der Waals surface area contributed by atoms with E-state index >= 15 is 0 Å². The second kappa shape index (κ2) is 6.41. The molecule has 0 aliphatic carbocycles. The third-order valence-corrected chi connectivity index (χ3v) is 6.09. The number of ether oxygens (including phenoxy) is 1. The molecule has 0 saturated carbocycles. The van der Waals surface area contributed by atoms with Gasteiger partial charge in [0.15, 0.2) is 5.54 Å². The first-order valence-corrected chi connectivity index (χ1v) is 8.83. The summed E-state index contributed by atoms with van der Waals surface area (Å²) in [6.07, 6.45) is -4.84. The smallest absolute Gasteiger partial charge is 0.379 e. The Hall–Kier alpha value is -1.12. The van der Waals surface area contributed by atoms with Gasteiger partial charge >= 0.3 is 6.18 Å². The molecule has 130 valence electrons. The molecule has 8 heteroatoms. The number of alkyl halides is 3. The van der Waals surface area contributed by atoms with Crippen LogP contribution in [0.1, 0.15) is 25.3 Å². The minimum atomic E-state index is -4.70. The van der Waals surface area contributed by atoms with Crippen LogP contribution in [0.25, 0.3) is 0 Å². The Labute approximate surface area is 134 Å². The van der Waals surface area contributed by atoms with Gasteiger partial charge in [0.05, 0.1) is 11.5 Å². The number of aryl methyl sites for hydroxylation is 1. The molecule has 1 heterocycles. The molecule has 0 bridgehead atoms. The van der Waals surface area contributed by atoms with Crippen LogP contribution in [0.15, 0.2) is 29.2 Å². The Balaban J connectivity index is 2.48. The van der Waals surface area contributed by atoms with E-state index < -0.39 is 28.3 Å². The summed E-state index contributed by atoms with van der Waals surface area (Å²) in [5.74, 6) is 0. The molecular weight excluding hydrogens is 331 g/mol. The highest BCUT2D eigenvalue weighted by Gasteiger charge is 2.64. The van der Waals surface area contributed by atoms with E-state index in [2.05, 4.69) is 0 Å². The molecule has 1 aromatic rings. The van der Waals surface area contributed by atoms with Gasteiger partial charge < -0.3 is 4.74 Å². The third-order valence-electron chi connectivity index (χ3n) is 4.11. The SMILES string of the molecule is CCOCC1(C(F)(F)F)CCCN1S(=O)(=O)c1ccc(C)cc1. The fourth-order valence-corrected chi connectivity index (χ4v) is 4.63. The van der Waals surface area contributed by atoms with Crippen LogP contribution in [0.2, 0.25) is 0 Å². The molecule has 4 nitrogen and oxygen atoms in total. The zero-order valence-corrected chi connectivity index (χ0v) is 13.9. The van der Waals surface area contributed by atoms with Gasteiger partial charge in [0.25, 0.3) is 0 Å². The maximum absolute atomic E-state index is 13.7. The number of nitrogens with zero attached hydrogens (tertiary/aromatic N) is 1. The van der Waals surface area contributed by atoms with Crippen molar-refractivity contribution in [3.05, 3.63) is 29.8 Å². The van der Waals surface area contributed by atoms with E-state index in [-0.39, 0.29) is 30.9 Å². The van der Waals surface area contributed by atoms with Crippen molar-refractivity contribution in [1.29, 1.82) is 0 Å². The van der Waals surface area contributed by atoms with E-state index in [0.29, 0.717) is 4.31 Å². The number of benzene rings is 1. The number of rotatable bonds is 5. The van der Waals surface area contributed by atoms with Crippen molar-refractivity contribution in [2.75, 3.05) is 19.8 Å². The standard InChI is InChI=1S/C15H20F3NO3S/c1-3-22-11-14(15(16,17)18)9-4-10-19(14)23(20,21)13-7-5-12(2)6-8-13/h5-8H,3-4,9-11H2,1-2H3. The molecule has 0 N–H and O–H groups in total. The average Bonchev–Trinajstić information content (AvgIpc) is 2.91. The summed E-state index contributed by atoms with van der Waals surface area (Å²) in [6.45, 7) is 2.61. The third kappa shape index (κ3) is 3.25. The number of hydrogen-bond acceptors (Lipinski definition) is 3. The highest BCUT2D eigenvalue weighted by Crippen LogP contribution is 2.46. The number of hydrogen-bond donors (Lipinski definition) is 0. The zero-order valence-electron chi connectivity index (χ0n) is 13.1. The van der Waals surface area contributed by atoms with E-state index in [1.807, 2.05) is 0 Å². The van der Waals surface area contributed by atoms with E-state index in [9.17, 15) is 21.6 Å². The van der Waals surface area contributed by atoms with Crippen LogP contribution >= 0.6 is 0 Å². The molecule has 1 aliphatic heterocycles. The second-order valence-corrected chi connectivity index (χ2v) is 7.52. The van der Waals surface area contributed by atoms with E-state index in [4.69, 9.17) is 4.74 Å². The Bertz CT molecular complexity index is 643. The molecule has 1 saturated heterocycles. The first-order chi connectivity index (χ1) is 10.6. The van der Waals surface area contributed by atoms with Crippen LogP contribution in [0.4, 0.5) is 13.2 Å². The van der Waals surface area contributed by atoms with Crippen molar-refractivity contribution >= 4 is 10.0 Å². The van der Waals surface area contributed by atoms with Gasteiger partial charge in [-0.2, -0.15) is 17.5 Å². The summed E-state index contributed by atoms with van der Waals surface area (Å²) in [5.41, 5.74) is -1.66. The Morgan fingerprint density at radius 2 is 1.87 bits per heavy atom. The molecule has 1 atom stereocenters. The lowest BCUT2D eigenvalue weighted by atomic mass is 9.98. The van der Waals surface area contributed by atoms with E-state index in [0.717, 1.165) is 5.56 Å². The molecule has 0 radical (unpaired) electrons. The molecular formula is C15H20F3NO3S. The maximum Gasteiger partial charge on any atom is 0.410 e. The highest BCUT2D eigenvalue weighted by atomic mass is 32.2. The van der Waals surface area contributed by atoms with Crippen LogP contribution in [-0.4, -0.2) is 44.2 Å². The second-order valence-electron chi connectivity index (χ2n) is 5.66. The monoisotopic (exact) mass is 351 g/mol. The largest absolute Gasteiger partial charge is 0.410 e. The highest BCUT2D eigenvalue weighted by molar-refractivity contribution is 7.89. The van der Waals surface area contributed by atoms with Crippen LogP contribution in [-0.2, 0) is 14.8 Å².